The number of rotatable bonds is 3. The zero-order valence-corrected chi connectivity index (χ0v) is 15.7. The van der Waals surface area contributed by atoms with Gasteiger partial charge in [0.05, 0.1) is 22.2 Å². The largest absolute Gasteiger partial charge is 0.312 e. The van der Waals surface area contributed by atoms with Crippen LogP contribution in [0.4, 0.5) is 5.00 Å². The van der Waals surface area contributed by atoms with Crippen molar-refractivity contribution in [2.24, 2.45) is 0 Å². The number of hydrogen-bond acceptors (Lipinski definition) is 5. The number of nitrogens with zero attached hydrogens (tertiary/aromatic N) is 3. The summed E-state index contributed by atoms with van der Waals surface area (Å²) >= 11 is 1.29. The monoisotopic (exact) mass is 386 g/mol. The zero-order chi connectivity index (χ0) is 19.7. The van der Waals surface area contributed by atoms with Gasteiger partial charge in [0.2, 0.25) is 0 Å². The van der Waals surface area contributed by atoms with Crippen molar-refractivity contribution in [1.82, 2.24) is 9.55 Å². The molecular weight excluding hydrogens is 372 g/mol. The van der Waals surface area contributed by atoms with Crippen LogP contribution in [0.15, 0.2) is 64.8 Å². The minimum atomic E-state index is -0.314. The fraction of sp³-hybridized carbons (Fsp3) is 0.0476. The normalized spacial score (nSPS) is 10.6. The molecule has 0 spiro atoms. The summed E-state index contributed by atoms with van der Waals surface area (Å²) in [5.74, 6) is 0.254. The third kappa shape index (κ3) is 3.06. The Morgan fingerprint density at radius 3 is 2.64 bits per heavy atom. The van der Waals surface area contributed by atoms with Gasteiger partial charge in [-0.25, -0.2) is 4.98 Å². The Morgan fingerprint density at radius 1 is 1.14 bits per heavy atom. The van der Waals surface area contributed by atoms with Crippen molar-refractivity contribution in [3.05, 3.63) is 87.3 Å². The number of aromatic nitrogens is 2. The molecule has 1 N–H and O–H groups in total. The first kappa shape index (κ1) is 17.6. The smallest absolute Gasteiger partial charge is 0.265 e. The lowest BCUT2D eigenvalue weighted by atomic mass is 10.1. The molecule has 0 aliphatic rings. The second-order valence-electron chi connectivity index (χ2n) is 6.09. The molecule has 28 heavy (non-hydrogen) atoms. The number of benzene rings is 2. The summed E-state index contributed by atoms with van der Waals surface area (Å²) in [6, 6.07) is 17.6. The third-order valence-electron chi connectivity index (χ3n) is 4.34. The molecular formula is C21H14N4O2S. The van der Waals surface area contributed by atoms with Gasteiger partial charge >= 0.3 is 0 Å². The Morgan fingerprint density at radius 2 is 1.89 bits per heavy atom. The standard InChI is InChI=1S/C21H14N4O2S/c1-13-23-18-5-3-2-4-17(18)21(27)25(13)16-8-6-14(7-9-16)19(26)24-20-15(12-22)10-11-28-20/h2-11H,1H3,(H,24,26). The molecule has 0 saturated heterocycles. The summed E-state index contributed by atoms with van der Waals surface area (Å²) in [4.78, 5) is 29.8. The molecule has 0 saturated carbocycles. The number of hydrogen-bond donors (Lipinski definition) is 1. The summed E-state index contributed by atoms with van der Waals surface area (Å²) in [5, 5.41) is 14.6. The number of amides is 1. The highest BCUT2D eigenvalue weighted by atomic mass is 32.1. The average molecular weight is 386 g/mol. The Hall–Kier alpha value is -3.76. The van der Waals surface area contributed by atoms with Gasteiger partial charge in [-0.2, -0.15) is 5.26 Å². The van der Waals surface area contributed by atoms with Crippen molar-refractivity contribution in [3.63, 3.8) is 0 Å². The van der Waals surface area contributed by atoms with Gasteiger partial charge in [0.25, 0.3) is 11.5 Å². The second-order valence-corrected chi connectivity index (χ2v) is 7.01. The predicted molar refractivity (Wildman–Crippen MR) is 109 cm³/mol. The summed E-state index contributed by atoms with van der Waals surface area (Å²) in [6.45, 7) is 1.77. The molecule has 2 heterocycles. The summed E-state index contributed by atoms with van der Waals surface area (Å²) < 4.78 is 1.52. The number of nitriles is 1. The van der Waals surface area contributed by atoms with Crippen LogP contribution in [-0.4, -0.2) is 15.5 Å². The van der Waals surface area contributed by atoms with E-state index in [0.717, 1.165) is 0 Å². The molecule has 0 unspecified atom stereocenters. The van der Waals surface area contributed by atoms with E-state index < -0.39 is 0 Å². The summed E-state index contributed by atoms with van der Waals surface area (Å²) in [5.41, 5.74) is 1.99. The lowest BCUT2D eigenvalue weighted by Gasteiger charge is -2.11. The van der Waals surface area contributed by atoms with Crippen molar-refractivity contribution in [3.8, 4) is 11.8 Å². The van der Waals surface area contributed by atoms with E-state index >= 15 is 0 Å². The lowest BCUT2D eigenvalue weighted by molar-refractivity contribution is 0.102. The van der Waals surface area contributed by atoms with Crippen molar-refractivity contribution < 1.29 is 4.79 Å². The molecule has 4 rings (SSSR count). The van der Waals surface area contributed by atoms with Crippen LogP contribution in [-0.2, 0) is 0 Å². The van der Waals surface area contributed by atoms with Crippen LogP contribution in [0.3, 0.4) is 0 Å². The van der Waals surface area contributed by atoms with E-state index in [1.807, 2.05) is 18.2 Å². The van der Waals surface area contributed by atoms with Gasteiger partial charge in [0.1, 0.15) is 16.9 Å². The van der Waals surface area contributed by atoms with Crippen LogP contribution in [0.2, 0.25) is 0 Å². The number of thiophene rings is 1. The van der Waals surface area contributed by atoms with Gasteiger partial charge in [-0.3, -0.25) is 14.2 Å². The molecule has 2 aromatic heterocycles. The Kier molecular flexibility index (Phi) is 4.47. The fourth-order valence-corrected chi connectivity index (χ4v) is 3.71. The minimum Gasteiger partial charge on any atom is -0.312 e. The van der Waals surface area contributed by atoms with Crippen LogP contribution >= 0.6 is 11.3 Å². The van der Waals surface area contributed by atoms with E-state index in [1.54, 1.807) is 54.8 Å². The zero-order valence-electron chi connectivity index (χ0n) is 14.8. The first-order valence-electron chi connectivity index (χ1n) is 8.46. The van der Waals surface area contributed by atoms with E-state index in [4.69, 9.17) is 5.26 Å². The Bertz CT molecular complexity index is 1300. The van der Waals surface area contributed by atoms with Crippen LogP contribution < -0.4 is 10.9 Å². The van der Waals surface area contributed by atoms with E-state index in [0.29, 0.717) is 38.5 Å². The molecule has 0 radical (unpaired) electrons. The highest BCUT2D eigenvalue weighted by molar-refractivity contribution is 7.14. The second kappa shape index (κ2) is 7.10. The van der Waals surface area contributed by atoms with Crippen LogP contribution in [0.5, 0.6) is 0 Å². The molecule has 0 bridgehead atoms. The molecule has 7 heteroatoms. The van der Waals surface area contributed by atoms with Gasteiger partial charge in [-0.1, -0.05) is 12.1 Å². The number of aryl methyl sites for hydroxylation is 1. The van der Waals surface area contributed by atoms with Crippen LogP contribution in [0, 0.1) is 18.3 Å². The van der Waals surface area contributed by atoms with Crippen LogP contribution in [0.1, 0.15) is 21.7 Å². The molecule has 1 amide bonds. The molecule has 6 nitrogen and oxygen atoms in total. The van der Waals surface area contributed by atoms with Crippen molar-refractivity contribution in [1.29, 1.82) is 5.26 Å². The Labute approximate surface area is 164 Å². The SMILES string of the molecule is Cc1nc2ccccc2c(=O)n1-c1ccc(C(=O)Nc2sccc2C#N)cc1. The maximum absolute atomic E-state index is 12.9. The molecule has 2 aromatic carbocycles. The number of fused-ring (bicyclic) bond motifs is 1. The van der Waals surface area contributed by atoms with Crippen molar-refractivity contribution >= 4 is 33.1 Å². The highest BCUT2D eigenvalue weighted by Crippen LogP contribution is 2.23. The minimum absolute atomic E-state index is 0.155. The molecule has 0 aliphatic heterocycles. The number of nitrogens with one attached hydrogen (secondary N) is 1. The fourth-order valence-electron chi connectivity index (χ4n) is 2.98. The van der Waals surface area contributed by atoms with Crippen molar-refractivity contribution in [2.45, 2.75) is 6.92 Å². The maximum atomic E-state index is 12.9. The van der Waals surface area contributed by atoms with Gasteiger partial charge < -0.3 is 5.32 Å². The first-order chi connectivity index (χ1) is 13.6. The number of para-hydroxylation sites is 1. The predicted octanol–water partition coefficient (Wildman–Crippen LogP) is 3.88. The first-order valence-corrected chi connectivity index (χ1v) is 9.34. The third-order valence-corrected chi connectivity index (χ3v) is 5.17. The van der Waals surface area contributed by atoms with Crippen molar-refractivity contribution in [2.75, 3.05) is 5.32 Å². The lowest BCUT2D eigenvalue weighted by Crippen LogP contribution is -2.22. The van der Waals surface area contributed by atoms with Crippen LogP contribution in [0.25, 0.3) is 16.6 Å². The van der Waals surface area contributed by atoms with Gasteiger partial charge in [-0.05, 0) is 54.8 Å². The quantitative estimate of drug-likeness (QED) is 0.579. The van der Waals surface area contributed by atoms with E-state index in [9.17, 15) is 9.59 Å². The molecule has 4 aromatic rings. The van der Waals surface area contributed by atoms with E-state index in [2.05, 4.69) is 10.3 Å². The highest BCUT2D eigenvalue weighted by Gasteiger charge is 2.13. The summed E-state index contributed by atoms with van der Waals surface area (Å²) in [7, 11) is 0. The molecule has 0 fully saturated rings. The van der Waals surface area contributed by atoms with E-state index in [-0.39, 0.29) is 11.5 Å². The van der Waals surface area contributed by atoms with Gasteiger partial charge in [0.15, 0.2) is 0 Å². The number of carbonyl (C=O) groups is 1. The molecule has 136 valence electrons. The summed E-state index contributed by atoms with van der Waals surface area (Å²) in [6.07, 6.45) is 0. The molecule has 0 atom stereocenters. The Balaban J connectivity index is 1.67. The number of carbonyl (C=O) groups excluding carboxylic acids is 1. The topological polar surface area (TPSA) is 87.8 Å². The maximum Gasteiger partial charge on any atom is 0.265 e. The molecule has 0 aliphatic carbocycles. The number of anilines is 1. The average Bonchev–Trinajstić information content (AvgIpc) is 3.15. The van der Waals surface area contributed by atoms with Gasteiger partial charge in [-0.15, -0.1) is 11.3 Å². The van der Waals surface area contributed by atoms with E-state index in [1.165, 1.54) is 15.9 Å². The van der Waals surface area contributed by atoms with Gasteiger partial charge in [0, 0.05) is 5.56 Å².